The molecule has 0 bridgehead atoms. The molecule has 0 saturated heterocycles. The minimum atomic E-state index is -0.447. The number of carbonyl (C=O) groups excluding carboxylic acids is 2. The Hall–Kier alpha value is -3.00. The molecule has 1 amide bonds. The maximum atomic E-state index is 13.8. The number of anilines is 1. The molecule has 0 unspecified atom stereocenters. The van der Waals surface area contributed by atoms with Crippen LogP contribution in [0.1, 0.15) is 32.6 Å². The van der Waals surface area contributed by atoms with Crippen LogP contribution in [0.25, 0.3) is 5.69 Å². The molecule has 6 nitrogen and oxygen atoms in total. The predicted molar refractivity (Wildman–Crippen MR) is 96.5 cm³/mol. The first-order valence-corrected chi connectivity index (χ1v) is 8.70. The zero-order valence-electron chi connectivity index (χ0n) is 14.2. The SMILES string of the molecule is CCOC(=O)c1sc(NC(=O)c2ccn(-c3ccccc3F)n2)cc1C. The Bertz CT molecular complexity index is 964. The Morgan fingerprint density at radius 2 is 2.08 bits per heavy atom. The predicted octanol–water partition coefficient (Wildman–Crippen LogP) is 3.81. The van der Waals surface area contributed by atoms with Crippen molar-refractivity contribution in [2.45, 2.75) is 13.8 Å². The van der Waals surface area contributed by atoms with Crippen molar-refractivity contribution in [3.8, 4) is 5.69 Å². The number of para-hydroxylation sites is 1. The second-order valence-electron chi connectivity index (χ2n) is 5.39. The molecule has 0 radical (unpaired) electrons. The van der Waals surface area contributed by atoms with Crippen LogP contribution < -0.4 is 5.32 Å². The Balaban J connectivity index is 1.76. The maximum Gasteiger partial charge on any atom is 0.348 e. The van der Waals surface area contributed by atoms with Crippen molar-refractivity contribution in [2.75, 3.05) is 11.9 Å². The van der Waals surface area contributed by atoms with Gasteiger partial charge in [-0.25, -0.2) is 13.9 Å². The van der Waals surface area contributed by atoms with Crippen molar-refractivity contribution in [1.29, 1.82) is 0 Å². The number of hydrogen-bond donors (Lipinski definition) is 1. The van der Waals surface area contributed by atoms with Crippen LogP contribution in [-0.2, 0) is 4.74 Å². The molecule has 3 aromatic rings. The highest BCUT2D eigenvalue weighted by molar-refractivity contribution is 7.18. The number of aromatic nitrogens is 2. The Labute approximate surface area is 153 Å². The number of nitrogens with one attached hydrogen (secondary N) is 1. The fourth-order valence-corrected chi connectivity index (χ4v) is 3.30. The summed E-state index contributed by atoms with van der Waals surface area (Å²) in [6.07, 6.45) is 1.51. The molecule has 0 saturated carbocycles. The zero-order chi connectivity index (χ0) is 18.7. The lowest BCUT2D eigenvalue weighted by atomic mass is 10.3. The molecule has 134 valence electrons. The van der Waals surface area contributed by atoms with Crippen LogP contribution in [0.3, 0.4) is 0 Å². The molecular formula is C18H16FN3O3S. The second-order valence-corrected chi connectivity index (χ2v) is 6.45. The van der Waals surface area contributed by atoms with Crippen LogP contribution in [0, 0.1) is 12.7 Å². The number of rotatable bonds is 5. The highest BCUT2D eigenvalue weighted by Gasteiger charge is 2.17. The summed E-state index contributed by atoms with van der Waals surface area (Å²) in [7, 11) is 0. The molecular weight excluding hydrogens is 357 g/mol. The van der Waals surface area contributed by atoms with Gasteiger partial charge in [0.2, 0.25) is 0 Å². The number of amides is 1. The van der Waals surface area contributed by atoms with Gasteiger partial charge in [-0.3, -0.25) is 4.79 Å². The Morgan fingerprint density at radius 1 is 1.31 bits per heavy atom. The van der Waals surface area contributed by atoms with Crippen molar-refractivity contribution < 1.29 is 18.7 Å². The van der Waals surface area contributed by atoms with Gasteiger partial charge in [0.25, 0.3) is 5.91 Å². The van der Waals surface area contributed by atoms with Gasteiger partial charge in [0.05, 0.1) is 11.6 Å². The fourth-order valence-electron chi connectivity index (χ4n) is 2.34. The van der Waals surface area contributed by atoms with E-state index in [0.29, 0.717) is 9.88 Å². The third kappa shape index (κ3) is 3.65. The number of halogens is 1. The summed E-state index contributed by atoms with van der Waals surface area (Å²) in [6, 6.07) is 9.35. The molecule has 2 heterocycles. The second kappa shape index (κ2) is 7.49. The van der Waals surface area contributed by atoms with Crippen LogP contribution in [0.5, 0.6) is 0 Å². The molecule has 0 atom stereocenters. The number of hydrogen-bond acceptors (Lipinski definition) is 5. The number of carbonyl (C=O) groups is 2. The van der Waals surface area contributed by atoms with E-state index in [4.69, 9.17) is 4.74 Å². The number of thiophene rings is 1. The first kappa shape index (κ1) is 17.8. The lowest BCUT2D eigenvalue weighted by Gasteiger charge is -2.02. The van der Waals surface area contributed by atoms with Gasteiger partial charge >= 0.3 is 5.97 Å². The first-order chi connectivity index (χ1) is 12.5. The Kier molecular flexibility index (Phi) is 5.13. The summed E-state index contributed by atoms with van der Waals surface area (Å²) in [5, 5.41) is 7.32. The minimum Gasteiger partial charge on any atom is -0.462 e. The molecule has 0 aliphatic rings. The number of ether oxygens (including phenoxy) is 1. The smallest absolute Gasteiger partial charge is 0.348 e. The van der Waals surface area contributed by atoms with Crippen molar-refractivity contribution in [1.82, 2.24) is 9.78 Å². The van der Waals surface area contributed by atoms with E-state index in [9.17, 15) is 14.0 Å². The lowest BCUT2D eigenvalue weighted by molar-refractivity contribution is 0.0531. The van der Waals surface area contributed by atoms with Crippen molar-refractivity contribution >= 4 is 28.2 Å². The van der Waals surface area contributed by atoms with E-state index in [-0.39, 0.29) is 18.0 Å². The third-order valence-corrected chi connectivity index (χ3v) is 4.67. The van der Waals surface area contributed by atoms with E-state index in [2.05, 4.69) is 10.4 Å². The average molecular weight is 373 g/mol. The Morgan fingerprint density at radius 3 is 2.81 bits per heavy atom. The number of benzene rings is 1. The number of esters is 1. The molecule has 1 aromatic carbocycles. The largest absolute Gasteiger partial charge is 0.462 e. The zero-order valence-corrected chi connectivity index (χ0v) is 15.0. The summed E-state index contributed by atoms with van der Waals surface area (Å²) < 4.78 is 20.1. The van der Waals surface area contributed by atoms with Gasteiger partial charge in [0.15, 0.2) is 5.69 Å². The van der Waals surface area contributed by atoms with E-state index >= 15 is 0 Å². The summed E-state index contributed by atoms with van der Waals surface area (Å²) in [4.78, 5) is 24.7. The van der Waals surface area contributed by atoms with Crippen molar-refractivity contribution in [3.63, 3.8) is 0 Å². The molecule has 1 N–H and O–H groups in total. The van der Waals surface area contributed by atoms with Crippen LogP contribution in [0.15, 0.2) is 42.6 Å². The normalized spacial score (nSPS) is 10.6. The maximum absolute atomic E-state index is 13.8. The molecule has 2 aromatic heterocycles. The molecule has 0 aliphatic carbocycles. The van der Waals surface area contributed by atoms with E-state index in [1.54, 1.807) is 38.1 Å². The van der Waals surface area contributed by atoms with Crippen LogP contribution in [-0.4, -0.2) is 28.3 Å². The van der Waals surface area contributed by atoms with Crippen LogP contribution in [0.4, 0.5) is 9.39 Å². The van der Waals surface area contributed by atoms with E-state index < -0.39 is 17.7 Å². The molecule has 3 rings (SSSR count). The topological polar surface area (TPSA) is 73.2 Å². The molecule has 26 heavy (non-hydrogen) atoms. The van der Waals surface area contributed by atoms with Gasteiger partial charge in [0, 0.05) is 6.20 Å². The number of aryl methyl sites for hydroxylation is 1. The van der Waals surface area contributed by atoms with Crippen molar-refractivity contribution in [2.24, 2.45) is 0 Å². The molecule has 8 heteroatoms. The van der Waals surface area contributed by atoms with Gasteiger partial charge < -0.3 is 10.1 Å². The third-order valence-electron chi connectivity index (χ3n) is 3.54. The van der Waals surface area contributed by atoms with E-state index in [1.807, 2.05) is 0 Å². The van der Waals surface area contributed by atoms with E-state index in [0.717, 1.165) is 16.9 Å². The number of nitrogens with zero attached hydrogens (tertiary/aromatic N) is 2. The average Bonchev–Trinajstić information content (AvgIpc) is 3.22. The summed E-state index contributed by atoms with van der Waals surface area (Å²) in [6.45, 7) is 3.78. The highest BCUT2D eigenvalue weighted by Crippen LogP contribution is 2.27. The van der Waals surface area contributed by atoms with Gasteiger partial charge in [-0.15, -0.1) is 11.3 Å². The minimum absolute atomic E-state index is 0.136. The highest BCUT2D eigenvalue weighted by atomic mass is 32.1. The summed E-state index contributed by atoms with van der Waals surface area (Å²) >= 11 is 1.14. The first-order valence-electron chi connectivity index (χ1n) is 7.89. The van der Waals surface area contributed by atoms with Gasteiger partial charge in [-0.1, -0.05) is 12.1 Å². The monoisotopic (exact) mass is 373 g/mol. The van der Waals surface area contributed by atoms with Crippen molar-refractivity contribution in [3.05, 3.63) is 64.5 Å². The van der Waals surface area contributed by atoms with Crippen LogP contribution in [0.2, 0.25) is 0 Å². The lowest BCUT2D eigenvalue weighted by Crippen LogP contribution is -2.12. The quantitative estimate of drug-likeness (QED) is 0.690. The van der Waals surface area contributed by atoms with E-state index in [1.165, 1.54) is 23.0 Å². The molecule has 0 aliphatic heterocycles. The van der Waals surface area contributed by atoms with Gasteiger partial charge in [-0.2, -0.15) is 5.10 Å². The summed E-state index contributed by atoms with van der Waals surface area (Å²) in [5.74, 6) is -1.30. The van der Waals surface area contributed by atoms with Gasteiger partial charge in [-0.05, 0) is 43.7 Å². The molecule has 0 fully saturated rings. The fraction of sp³-hybridized carbons (Fsp3) is 0.167. The van der Waals surface area contributed by atoms with Crippen LogP contribution >= 0.6 is 11.3 Å². The summed E-state index contributed by atoms with van der Waals surface area (Å²) in [5.41, 5.74) is 1.11. The molecule has 0 spiro atoms. The van der Waals surface area contributed by atoms with Gasteiger partial charge in [0.1, 0.15) is 16.4 Å². The standard InChI is InChI=1S/C18H16FN3O3S/c1-3-25-18(24)16-11(2)10-15(26-16)20-17(23)13-8-9-22(21-13)14-7-5-4-6-12(14)19/h4-10H,3H2,1-2H3,(H,20,23).